The van der Waals surface area contributed by atoms with Crippen molar-refractivity contribution in [1.29, 1.82) is 0 Å². The van der Waals surface area contributed by atoms with Crippen molar-refractivity contribution in [2.75, 3.05) is 6.61 Å². The zero-order valence-corrected chi connectivity index (χ0v) is 23.0. The van der Waals surface area contributed by atoms with Gasteiger partial charge in [0, 0.05) is 20.2 Å². The van der Waals surface area contributed by atoms with Gasteiger partial charge in [-0.25, -0.2) is 19.1 Å². The summed E-state index contributed by atoms with van der Waals surface area (Å²) in [5, 5.41) is -0.260. The van der Waals surface area contributed by atoms with Gasteiger partial charge in [0.05, 0.1) is 12.3 Å². The fourth-order valence-electron chi connectivity index (χ4n) is 4.67. The minimum absolute atomic E-state index is 0. The van der Waals surface area contributed by atoms with E-state index in [4.69, 9.17) is 9.47 Å². The quantitative estimate of drug-likeness (QED) is 0.335. The summed E-state index contributed by atoms with van der Waals surface area (Å²) in [6.07, 6.45) is 4.08. The number of amides is 1. The van der Waals surface area contributed by atoms with E-state index in [1.807, 2.05) is 13.8 Å². The van der Waals surface area contributed by atoms with Crippen LogP contribution in [-0.2, 0) is 10.0 Å². The van der Waals surface area contributed by atoms with E-state index in [2.05, 4.69) is 14.7 Å². The van der Waals surface area contributed by atoms with E-state index in [0.717, 1.165) is 25.7 Å². The fraction of sp³-hybridized carbons (Fsp3) is 0.414. The number of carbonyl (C=O) groups is 1. The number of nitrogens with one attached hydrogen (secondary N) is 1. The van der Waals surface area contributed by atoms with Crippen LogP contribution in [0.15, 0.2) is 53.6 Å². The van der Waals surface area contributed by atoms with Gasteiger partial charge in [-0.1, -0.05) is 19.9 Å². The summed E-state index contributed by atoms with van der Waals surface area (Å²) in [5.74, 6) is 0.284. The lowest BCUT2D eigenvalue weighted by Gasteiger charge is -2.36. The Morgan fingerprint density at radius 1 is 1.10 bits per heavy atom. The van der Waals surface area contributed by atoms with Crippen LogP contribution in [0.4, 0.5) is 4.39 Å². The second-order valence-corrected chi connectivity index (χ2v) is 12.3. The van der Waals surface area contributed by atoms with Gasteiger partial charge in [0.25, 0.3) is 15.9 Å². The number of aromatic nitrogens is 2. The molecule has 0 bridgehead atoms. The molecule has 2 saturated carbocycles. The highest BCUT2D eigenvalue weighted by atomic mass is 32.2. The number of ether oxygens (including phenoxy) is 2. The molecule has 8 nitrogen and oxygen atoms in total. The van der Waals surface area contributed by atoms with Crippen LogP contribution in [0.2, 0.25) is 0 Å². The molecule has 2 aromatic heterocycles. The molecule has 39 heavy (non-hydrogen) atoms. The van der Waals surface area contributed by atoms with Gasteiger partial charge in [-0.15, -0.1) is 0 Å². The van der Waals surface area contributed by atoms with Crippen LogP contribution in [-0.4, -0.2) is 37.0 Å². The molecule has 1 N–H and O–H groups in total. The summed E-state index contributed by atoms with van der Waals surface area (Å²) in [6, 6.07) is 11.9. The Morgan fingerprint density at radius 3 is 2.56 bits per heavy atom. The highest BCUT2D eigenvalue weighted by Gasteiger charge is 2.44. The standard InChI is InChI=1S/C29H32FN3O5S.2H2/c1-17(2)16-37-22-14-20(13-21(30)15-22)25-11-9-24(29(32-25)38-26-12-10-23(26)19-7-8-19)28(34)33-39(35,36)27-6-4-5-18(3)31-27;;/h4-6,9,11,13-15,17,19,23,26H,7-8,10,12,16H2,1-3H3,(H,33,34);2*1H. The topological polar surface area (TPSA) is 107 Å². The maximum absolute atomic E-state index is 14.5. The first kappa shape index (κ1) is 27.1. The number of aryl methyl sites for hydroxylation is 1. The number of hydrogen-bond acceptors (Lipinski definition) is 7. The Kier molecular flexibility index (Phi) is 7.57. The lowest BCUT2D eigenvalue weighted by molar-refractivity contribution is 0.0291. The van der Waals surface area contributed by atoms with Gasteiger partial charge in [0.1, 0.15) is 23.2 Å². The summed E-state index contributed by atoms with van der Waals surface area (Å²) < 4.78 is 54.3. The van der Waals surface area contributed by atoms with Crippen molar-refractivity contribution in [3.05, 3.63) is 65.6 Å². The number of carbonyl (C=O) groups excluding carboxylic acids is 1. The molecule has 3 aromatic rings. The third-order valence-electron chi connectivity index (χ3n) is 6.97. The van der Waals surface area contributed by atoms with Crippen LogP contribution in [0, 0.1) is 30.5 Å². The number of benzene rings is 1. The smallest absolute Gasteiger partial charge is 0.281 e. The number of sulfonamides is 1. The van der Waals surface area contributed by atoms with E-state index in [0.29, 0.717) is 41.1 Å². The van der Waals surface area contributed by atoms with E-state index in [9.17, 15) is 17.6 Å². The second kappa shape index (κ2) is 10.9. The SMILES string of the molecule is Cc1cccc(S(=O)(=O)NC(=O)c2ccc(-c3cc(F)cc(OCC(C)C)c3)nc2OC2CCC2C2CC2)n1.[HH].[HH]. The highest BCUT2D eigenvalue weighted by molar-refractivity contribution is 7.90. The molecule has 2 fully saturated rings. The van der Waals surface area contributed by atoms with Crippen LogP contribution in [0.3, 0.4) is 0 Å². The lowest BCUT2D eigenvalue weighted by atomic mass is 9.78. The Hall–Kier alpha value is -3.53. The molecule has 0 radical (unpaired) electrons. The first-order chi connectivity index (χ1) is 18.6. The van der Waals surface area contributed by atoms with Crippen molar-refractivity contribution in [2.24, 2.45) is 17.8 Å². The van der Waals surface area contributed by atoms with Gasteiger partial charge in [-0.3, -0.25) is 4.79 Å². The molecule has 2 atom stereocenters. The number of pyridine rings is 2. The van der Waals surface area contributed by atoms with Gasteiger partial charge in [0.15, 0.2) is 5.03 Å². The predicted molar refractivity (Wildman–Crippen MR) is 148 cm³/mol. The van der Waals surface area contributed by atoms with Crippen LogP contribution < -0.4 is 14.2 Å². The maximum Gasteiger partial charge on any atom is 0.281 e. The number of hydrogen-bond donors (Lipinski definition) is 1. The van der Waals surface area contributed by atoms with E-state index in [-0.39, 0.29) is 31.3 Å². The molecule has 1 aromatic carbocycles. The van der Waals surface area contributed by atoms with Gasteiger partial charge in [-0.05, 0) is 86.8 Å². The van der Waals surface area contributed by atoms with Gasteiger partial charge in [-0.2, -0.15) is 8.42 Å². The Balaban J connectivity index is 0.00000231. The van der Waals surface area contributed by atoms with Crippen molar-refractivity contribution >= 4 is 15.9 Å². The van der Waals surface area contributed by atoms with Gasteiger partial charge in [0.2, 0.25) is 5.88 Å². The first-order valence-electron chi connectivity index (χ1n) is 13.2. The molecule has 2 aliphatic rings. The van der Waals surface area contributed by atoms with Crippen molar-refractivity contribution < 1.29 is 29.9 Å². The molecule has 5 rings (SSSR count). The maximum atomic E-state index is 14.5. The molecule has 10 heteroatoms. The average Bonchev–Trinajstić information content (AvgIpc) is 3.69. The molecular formula is C29H36FN3O5S. The number of halogens is 1. The second-order valence-electron chi connectivity index (χ2n) is 10.7. The van der Waals surface area contributed by atoms with Gasteiger partial charge >= 0.3 is 0 Å². The fourth-order valence-corrected chi connectivity index (χ4v) is 5.65. The zero-order valence-electron chi connectivity index (χ0n) is 22.2. The van der Waals surface area contributed by atoms with Crippen molar-refractivity contribution in [3.8, 4) is 22.9 Å². The lowest BCUT2D eigenvalue weighted by Crippen LogP contribution is -2.39. The predicted octanol–water partition coefficient (Wildman–Crippen LogP) is 5.80. The summed E-state index contributed by atoms with van der Waals surface area (Å²) in [7, 11) is -4.23. The minimum atomic E-state index is -4.23. The normalized spacial score (nSPS) is 18.9. The van der Waals surface area contributed by atoms with E-state index >= 15 is 0 Å². The summed E-state index contributed by atoms with van der Waals surface area (Å²) >= 11 is 0. The van der Waals surface area contributed by atoms with Crippen molar-refractivity contribution in [3.63, 3.8) is 0 Å². The first-order valence-corrected chi connectivity index (χ1v) is 14.7. The molecule has 0 aliphatic heterocycles. The highest BCUT2D eigenvalue weighted by Crippen LogP contribution is 2.48. The van der Waals surface area contributed by atoms with Crippen LogP contribution in [0.1, 0.15) is 58.4 Å². The van der Waals surface area contributed by atoms with Crippen LogP contribution >= 0.6 is 0 Å². The van der Waals surface area contributed by atoms with Gasteiger partial charge < -0.3 is 9.47 Å². The third-order valence-corrected chi connectivity index (χ3v) is 8.21. The summed E-state index contributed by atoms with van der Waals surface area (Å²) in [5.41, 5.74) is 1.31. The number of rotatable bonds is 10. The third kappa shape index (κ3) is 6.38. The largest absolute Gasteiger partial charge is 0.493 e. The van der Waals surface area contributed by atoms with Crippen LogP contribution in [0.25, 0.3) is 11.3 Å². The summed E-state index contributed by atoms with van der Waals surface area (Å²) in [6.45, 7) is 6.09. The average molecular weight is 558 g/mol. The van der Waals surface area contributed by atoms with Crippen LogP contribution in [0.5, 0.6) is 11.6 Å². The molecule has 0 saturated heterocycles. The molecule has 2 heterocycles. The number of nitrogens with zero attached hydrogens (tertiary/aromatic N) is 2. The minimum Gasteiger partial charge on any atom is -0.493 e. The molecule has 2 unspecified atom stereocenters. The Bertz CT molecular complexity index is 1500. The molecule has 2 aliphatic carbocycles. The Labute approximate surface area is 231 Å². The molecule has 1 amide bonds. The zero-order chi connectivity index (χ0) is 27.7. The van der Waals surface area contributed by atoms with E-state index < -0.39 is 21.7 Å². The molecule has 210 valence electrons. The monoisotopic (exact) mass is 557 g/mol. The Morgan fingerprint density at radius 2 is 1.90 bits per heavy atom. The summed E-state index contributed by atoms with van der Waals surface area (Å²) in [4.78, 5) is 21.8. The van der Waals surface area contributed by atoms with Crippen molar-refractivity contribution in [2.45, 2.75) is 57.6 Å². The van der Waals surface area contributed by atoms with Crippen molar-refractivity contribution in [1.82, 2.24) is 14.7 Å². The van der Waals surface area contributed by atoms with E-state index in [1.54, 1.807) is 31.2 Å². The molecular weight excluding hydrogens is 521 g/mol. The van der Waals surface area contributed by atoms with E-state index in [1.165, 1.54) is 24.3 Å². The molecule has 0 spiro atoms.